The second-order valence-corrected chi connectivity index (χ2v) is 8.68. The summed E-state index contributed by atoms with van der Waals surface area (Å²) in [5.41, 5.74) is -1.09. The van der Waals surface area contributed by atoms with Gasteiger partial charge in [-0.05, 0) is 42.0 Å². The van der Waals surface area contributed by atoms with Crippen LogP contribution < -0.4 is 9.47 Å². The molecule has 1 saturated carbocycles. The lowest BCUT2D eigenvalue weighted by molar-refractivity contribution is -0.110. The number of fused-ring (bicyclic) bond motifs is 1. The summed E-state index contributed by atoms with van der Waals surface area (Å²) in [4.78, 5) is 11.7. The Hall–Kier alpha value is -2.56. The summed E-state index contributed by atoms with van der Waals surface area (Å²) in [6, 6.07) is 12.5. The number of rotatable bonds is 4. The first kappa shape index (κ1) is 16.9. The van der Waals surface area contributed by atoms with Crippen molar-refractivity contribution in [2.75, 3.05) is 6.79 Å². The zero-order valence-electron chi connectivity index (χ0n) is 13.3. The van der Waals surface area contributed by atoms with E-state index in [-0.39, 0.29) is 11.7 Å². The number of nitriles is 1. The molecule has 0 bridgehead atoms. The van der Waals surface area contributed by atoms with E-state index in [1.807, 2.05) is 6.07 Å². The summed E-state index contributed by atoms with van der Waals surface area (Å²) in [5.74, 6) is 0.232. The first-order chi connectivity index (χ1) is 12.4. The molecule has 1 heterocycles. The van der Waals surface area contributed by atoms with Crippen LogP contribution in [0.3, 0.4) is 0 Å². The van der Waals surface area contributed by atoms with Crippen LogP contribution in [0.1, 0.15) is 11.5 Å². The van der Waals surface area contributed by atoms with E-state index in [0.717, 1.165) is 0 Å². The van der Waals surface area contributed by atoms with Crippen molar-refractivity contribution in [1.29, 1.82) is 5.26 Å². The van der Waals surface area contributed by atoms with Gasteiger partial charge in [-0.25, -0.2) is 8.42 Å². The number of nitrogens with zero attached hydrogens (tertiary/aromatic N) is 1. The first-order valence-electron chi connectivity index (χ1n) is 7.70. The fourth-order valence-corrected chi connectivity index (χ4v) is 5.80. The Balaban J connectivity index is 1.79. The number of hydrogen-bond acceptors (Lipinski definition) is 6. The Morgan fingerprint density at radius 3 is 2.50 bits per heavy atom. The molecule has 1 aliphatic carbocycles. The van der Waals surface area contributed by atoms with Crippen molar-refractivity contribution >= 4 is 27.7 Å². The van der Waals surface area contributed by atoms with Gasteiger partial charge in [0.1, 0.15) is 17.0 Å². The van der Waals surface area contributed by atoms with E-state index in [1.54, 1.807) is 18.2 Å². The molecule has 3 atom stereocenters. The Morgan fingerprint density at radius 1 is 1.15 bits per heavy atom. The van der Waals surface area contributed by atoms with Gasteiger partial charge in [0, 0.05) is 10.9 Å². The van der Waals surface area contributed by atoms with Gasteiger partial charge in [-0.2, -0.15) is 5.26 Å². The lowest BCUT2D eigenvalue weighted by Gasteiger charge is -2.05. The standard InChI is InChI=1S/C18H12ClNO5S/c19-12-2-4-13(5-3-12)26(22,23)17-16(18(17,8-20)9-21)11-1-6-14-15(7-11)25-10-24-14/h1-7,9,16-17H,10H2/t16-,17-,18+/m1/s1. The van der Waals surface area contributed by atoms with Crippen molar-refractivity contribution in [2.24, 2.45) is 5.41 Å². The van der Waals surface area contributed by atoms with Gasteiger partial charge in [-0.15, -0.1) is 0 Å². The van der Waals surface area contributed by atoms with Crippen LogP contribution in [-0.2, 0) is 14.6 Å². The quantitative estimate of drug-likeness (QED) is 0.746. The smallest absolute Gasteiger partial charge is 0.231 e. The summed E-state index contributed by atoms with van der Waals surface area (Å²) in [5, 5.41) is 8.81. The first-order valence-corrected chi connectivity index (χ1v) is 9.63. The molecule has 132 valence electrons. The molecule has 0 aromatic heterocycles. The van der Waals surface area contributed by atoms with Crippen molar-refractivity contribution in [1.82, 2.24) is 0 Å². The molecule has 0 amide bonds. The lowest BCUT2D eigenvalue weighted by Crippen LogP contribution is -2.16. The van der Waals surface area contributed by atoms with Gasteiger partial charge in [-0.3, -0.25) is 0 Å². The number of ether oxygens (including phenoxy) is 2. The summed E-state index contributed by atoms with van der Waals surface area (Å²) in [7, 11) is -3.91. The van der Waals surface area contributed by atoms with Gasteiger partial charge >= 0.3 is 0 Å². The Bertz CT molecular complexity index is 1040. The van der Waals surface area contributed by atoms with Crippen LogP contribution in [0.25, 0.3) is 0 Å². The van der Waals surface area contributed by atoms with E-state index < -0.39 is 26.4 Å². The van der Waals surface area contributed by atoms with E-state index in [2.05, 4.69) is 0 Å². The third-order valence-electron chi connectivity index (χ3n) is 4.80. The maximum absolute atomic E-state index is 13.0. The molecule has 6 nitrogen and oxygen atoms in total. The molecular formula is C18H12ClNO5S. The monoisotopic (exact) mass is 389 g/mol. The zero-order chi connectivity index (χ0) is 18.5. The van der Waals surface area contributed by atoms with Crippen LogP contribution in [0.2, 0.25) is 5.02 Å². The molecule has 0 N–H and O–H groups in total. The van der Waals surface area contributed by atoms with Crippen LogP contribution >= 0.6 is 11.6 Å². The van der Waals surface area contributed by atoms with Crippen LogP contribution in [0, 0.1) is 16.7 Å². The number of sulfone groups is 1. The molecule has 26 heavy (non-hydrogen) atoms. The number of halogens is 1. The third-order valence-corrected chi connectivity index (χ3v) is 7.31. The van der Waals surface area contributed by atoms with Crippen LogP contribution in [0.15, 0.2) is 47.4 Å². The summed E-state index contributed by atoms with van der Waals surface area (Å²) in [6.45, 7) is 0.0764. The molecule has 0 spiro atoms. The minimum Gasteiger partial charge on any atom is -0.454 e. The highest BCUT2D eigenvalue weighted by atomic mass is 35.5. The van der Waals surface area contributed by atoms with Gasteiger partial charge in [0.15, 0.2) is 21.3 Å². The maximum atomic E-state index is 13.0. The van der Waals surface area contributed by atoms with Gasteiger partial charge < -0.3 is 14.3 Å². The van der Waals surface area contributed by atoms with Gasteiger partial charge in [0.05, 0.1) is 11.0 Å². The van der Waals surface area contributed by atoms with Crippen LogP contribution in [-0.4, -0.2) is 26.7 Å². The number of carbonyl (C=O) groups excluding carboxylic acids is 1. The zero-order valence-corrected chi connectivity index (χ0v) is 14.8. The van der Waals surface area contributed by atoms with Gasteiger partial charge in [0.2, 0.25) is 6.79 Å². The molecule has 4 rings (SSSR count). The molecule has 8 heteroatoms. The average Bonchev–Trinajstić information content (AvgIpc) is 3.12. The minimum atomic E-state index is -3.91. The molecule has 1 aliphatic heterocycles. The Morgan fingerprint density at radius 2 is 1.85 bits per heavy atom. The summed E-state index contributed by atoms with van der Waals surface area (Å²) < 4.78 is 36.7. The number of carbonyl (C=O) groups is 1. The van der Waals surface area contributed by atoms with Gasteiger partial charge in [0.25, 0.3) is 0 Å². The minimum absolute atomic E-state index is 0.0246. The molecule has 2 aromatic carbocycles. The molecule has 2 aliphatic rings. The number of benzene rings is 2. The molecule has 1 fully saturated rings. The lowest BCUT2D eigenvalue weighted by atomic mass is 10.0. The van der Waals surface area contributed by atoms with E-state index >= 15 is 0 Å². The fourth-order valence-electron chi connectivity index (χ4n) is 3.44. The largest absolute Gasteiger partial charge is 0.454 e. The maximum Gasteiger partial charge on any atom is 0.231 e. The average molecular weight is 390 g/mol. The highest BCUT2D eigenvalue weighted by Gasteiger charge is 2.72. The predicted molar refractivity (Wildman–Crippen MR) is 91.8 cm³/mol. The fraction of sp³-hybridized carbons (Fsp3) is 0.222. The molecule has 0 unspecified atom stereocenters. The van der Waals surface area contributed by atoms with E-state index in [9.17, 15) is 18.5 Å². The van der Waals surface area contributed by atoms with Crippen LogP contribution in [0.5, 0.6) is 11.5 Å². The third kappa shape index (κ3) is 2.30. The van der Waals surface area contributed by atoms with Gasteiger partial charge in [-0.1, -0.05) is 17.7 Å². The normalized spacial score (nSPS) is 26.2. The van der Waals surface area contributed by atoms with Crippen molar-refractivity contribution in [3.8, 4) is 17.6 Å². The Kier molecular flexibility index (Phi) is 3.72. The highest BCUT2D eigenvalue weighted by Crippen LogP contribution is 2.63. The van der Waals surface area contributed by atoms with E-state index in [4.69, 9.17) is 21.1 Å². The second-order valence-electron chi connectivity index (χ2n) is 6.17. The number of aldehydes is 1. The second kappa shape index (κ2) is 5.73. The predicted octanol–water partition coefficient (Wildman–Crippen LogP) is 2.72. The van der Waals surface area contributed by atoms with E-state index in [0.29, 0.717) is 28.4 Å². The number of hydrogen-bond donors (Lipinski definition) is 0. The van der Waals surface area contributed by atoms with Crippen molar-refractivity contribution in [3.05, 3.63) is 53.1 Å². The van der Waals surface area contributed by atoms with Crippen LogP contribution in [0.4, 0.5) is 0 Å². The van der Waals surface area contributed by atoms with Crippen molar-refractivity contribution in [2.45, 2.75) is 16.1 Å². The van der Waals surface area contributed by atoms with Crippen molar-refractivity contribution in [3.63, 3.8) is 0 Å². The molecular weight excluding hydrogens is 378 g/mol. The summed E-state index contributed by atoms with van der Waals surface area (Å²) in [6.07, 6.45) is 0.431. The SMILES string of the molecule is N#C[C@]1(C=O)[C@H](c2ccc3c(c2)OCO3)[C@H]1S(=O)(=O)c1ccc(Cl)cc1. The topological polar surface area (TPSA) is 93.5 Å². The highest BCUT2D eigenvalue weighted by molar-refractivity contribution is 7.92. The Labute approximate surface area is 154 Å². The molecule has 0 saturated heterocycles. The molecule has 2 aromatic rings. The summed E-state index contributed by atoms with van der Waals surface area (Å²) >= 11 is 5.82. The van der Waals surface area contributed by atoms with Crippen molar-refractivity contribution < 1.29 is 22.7 Å². The molecule has 0 radical (unpaired) electrons. The van der Waals surface area contributed by atoms with E-state index in [1.165, 1.54) is 24.3 Å².